The van der Waals surface area contributed by atoms with Gasteiger partial charge in [0, 0.05) is 23.3 Å². The third-order valence-corrected chi connectivity index (χ3v) is 3.67. The number of nitrogen functional groups attached to an aromatic ring is 1. The first-order chi connectivity index (χ1) is 9.63. The van der Waals surface area contributed by atoms with Crippen LogP contribution in [0.4, 0.5) is 5.69 Å². The summed E-state index contributed by atoms with van der Waals surface area (Å²) < 4.78 is 6.89. The fraction of sp³-hybridized carbons (Fsp3) is 0.286. The lowest BCUT2D eigenvalue weighted by molar-refractivity contribution is 0.0519. The average Bonchev–Trinajstić information content (AvgIpc) is 2.85. The highest BCUT2D eigenvalue weighted by Crippen LogP contribution is 2.27. The van der Waals surface area contributed by atoms with Gasteiger partial charge in [-0.15, -0.1) is 0 Å². The summed E-state index contributed by atoms with van der Waals surface area (Å²) in [6.45, 7) is 4.87. The Morgan fingerprint density at radius 1 is 1.35 bits per heavy atom. The van der Waals surface area contributed by atoms with Gasteiger partial charge in [0.1, 0.15) is 0 Å². The number of carbonyl (C=O) groups is 1. The number of carbonyl (C=O) groups excluding carboxylic acids is 1. The molecule has 2 N–H and O–H groups in total. The van der Waals surface area contributed by atoms with Gasteiger partial charge < -0.3 is 15.0 Å². The van der Waals surface area contributed by atoms with Crippen molar-refractivity contribution in [3.8, 4) is 0 Å². The molecular weight excluding hydrogens is 274 g/mol. The Labute approximate surface area is 122 Å². The van der Waals surface area contributed by atoms with Crippen molar-refractivity contribution in [1.82, 2.24) is 9.55 Å². The highest BCUT2D eigenvalue weighted by molar-refractivity contribution is 7.99. The van der Waals surface area contributed by atoms with Crippen molar-refractivity contribution in [2.45, 2.75) is 30.4 Å². The van der Waals surface area contributed by atoms with Crippen LogP contribution in [0.2, 0.25) is 0 Å². The van der Waals surface area contributed by atoms with E-state index in [1.165, 1.54) is 11.8 Å². The van der Waals surface area contributed by atoms with Crippen molar-refractivity contribution in [2.75, 3.05) is 12.3 Å². The fourth-order valence-electron chi connectivity index (χ4n) is 1.65. The molecule has 0 aliphatic heterocycles. The molecule has 106 valence electrons. The maximum Gasteiger partial charge on any atom is 0.358 e. The van der Waals surface area contributed by atoms with Gasteiger partial charge in [0.25, 0.3) is 0 Å². The van der Waals surface area contributed by atoms with Crippen LogP contribution in [0.25, 0.3) is 0 Å². The van der Waals surface area contributed by atoms with Crippen molar-refractivity contribution >= 4 is 23.4 Å². The number of rotatable bonds is 5. The number of imidazole rings is 1. The first-order valence-electron chi connectivity index (χ1n) is 6.41. The second-order valence-electron chi connectivity index (χ2n) is 4.09. The molecule has 2 aromatic rings. The molecule has 1 aromatic carbocycles. The van der Waals surface area contributed by atoms with E-state index in [0.29, 0.717) is 12.3 Å². The molecule has 1 aromatic heterocycles. The number of benzene rings is 1. The molecule has 2 rings (SSSR count). The Kier molecular flexibility index (Phi) is 4.68. The van der Waals surface area contributed by atoms with Crippen LogP contribution in [-0.2, 0) is 11.3 Å². The standard InChI is InChI=1S/C14H17N3O2S/c1-3-17-9-12(13(18)19-4-2)16-14(17)20-11-7-5-10(15)6-8-11/h5-9H,3-4,15H2,1-2H3. The molecule has 0 saturated heterocycles. The van der Waals surface area contributed by atoms with Crippen LogP contribution in [0.3, 0.4) is 0 Å². The largest absolute Gasteiger partial charge is 0.461 e. The highest BCUT2D eigenvalue weighted by atomic mass is 32.2. The fourth-order valence-corrected chi connectivity index (χ4v) is 2.58. The van der Waals surface area contributed by atoms with E-state index >= 15 is 0 Å². The second-order valence-corrected chi connectivity index (χ2v) is 5.13. The first-order valence-corrected chi connectivity index (χ1v) is 7.23. The van der Waals surface area contributed by atoms with Crippen LogP contribution in [0, 0.1) is 0 Å². The molecule has 20 heavy (non-hydrogen) atoms. The van der Waals surface area contributed by atoms with Gasteiger partial charge in [0.15, 0.2) is 10.9 Å². The summed E-state index contributed by atoms with van der Waals surface area (Å²) in [6.07, 6.45) is 1.72. The number of esters is 1. The minimum Gasteiger partial charge on any atom is -0.461 e. The summed E-state index contributed by atoms with van der Waals surface area (Å²) in [4.78, 5) is 17.1. The molecule has 0 aliphatic carbocycles. The van der Waals surface area contributed by atoms with Crippen LogP contribution >= 0.6 is 11.8 Å². The van der Waals surface area contributed by atoms with Crippen LogP contribution in [0.1, 0.15) is 24.3 Å². The van der Waals surface area contributed by atoms with Gasteiger partial charge in [0.05, 0.1) is 6.61 Å². The number of nitrogens with two attached hydrogens (primary N) is 1. The maximum absolute atomic E-state index is 11.7. The average molecular weight is 291 g/mol. The lowest BCUT2D eigenvalue weighted by Gasteiger charge is -2.03. The summed E-state index contributed by atoms with van der Waals surface area (Å²) in [6, 6.07) is 7.54. The van der Waals surface area contributed by atoms with Crippen molar-refractivity contribution in [3.63, 3.8) is 0 Å². The molecule has 0 saturated carbocycles. The van der Waals surface area contributed by atoms with E-state index in [1.54, 1.807) is 13.1 Å². The molecule has 0 spiro atoms. The number of aromatic nitrogens is 2. The van der Waals surface area contributed by atoms with Gasteiger partial charge >= 0.3 is 5.97 Å². The van der Waals surface area contributed by atoms with E-state index in [4.69, 9.17) is 10.5 Å². The predicted octanol–water partition coefficient (Wildman–Crippen LogP) is 2.81. The number of ether oxygens (including phenoxy) is 1. The number of hydrogen-bond donors (Lipinski definition) is 1. The smallest absolute Gasteiger partial charge is 0.358 e. The summed E-state index contributed by atoms with van der Waals surface area (Å²) in [7, 11) is 0. The maximum atomic E-state index is 11.7. The van der Waals surface area contributed by atoms with Crippen LogP contribution in [0.5, 0.6) is 0 Å². The zero-order valence-electron chi connectivity index (χ0n) is 11.5. The summed E-state index contributed by atoms with van der Waals surface area (Å²) in [5.41, 5.74) is 6.72. The number of anilines is 1. The van der Waals surface area contributed by atoms with Gasteiger partial charge in [0.2, 0.25) is 0 Å². The van der Waals surface area contributed by atoms with Crippen molar-refractivity contribution in [3.05, 3.63) is 36.2 Å². The SMILES string of the molecule is CCOC(=O)c1cn(CC)c(Sc2ccc(N)cc2)n1. The minimum absolute atomic E-state index is 0.339. The quantitative estimate of drug-likeness (QED) is 0.677. The van der Waals surface area contributed by atoms with Gasteiger partial charge in [-0.05, 0) is 38.1 Å². The van der Waals surface area contributed by atoms with Crippen LogP contribution in [-0.4, -0.2) is 22.1 Å². The van der Waals surface area contributed by atoms with Gasteiger partial charge in [-0.2, -0.15) is 0 Å². The molecule has 5 nitrogen and oxygen atoms in total. The van der Waals surface area contributed by atoms with E-state index in [0.717, 1.165) is 22.3 Å². The van der Waals surface area contributed by atoms with Gasteiger partial charge in [-0.1, -0.05) is 11.8 Å². The Bertz CT molecular complexity index is 593. The van der Waals surface area contributed by atoms with E-state index in [9.17, 15) is 4.79 Å². The Morgan fingerprint density at radius 3 is 2.65 bits per heavy atom. The first kappa shape index (κ1) is 14.5. The second kappa shape index (κ2) is 6.47. The van der Waals surface area contributed by atoms with Crippen molar-refractivity contribution < 1.29 is 9.53 Å². The Hall–Kier alpha value is -1.95. The molecule has 0 radical (unpaired) electrons. The lowest BCUT2D eigenvalue weighted by atomic mass is 10.3. The summed E-state index contributed by atoms with van der Waals surface area (Å²) in [5, 5.41) is 0.764. The summed E-state index contributed by atoms with van der Waals surface area (Å²) in [5.74, 6) is -0.390. The third kappa shape index (κ3) is 3.33. The Balaban J connectivity index is 2.22. The highest BCUT2D eigenvalue weighted by Gasteiger charge is 2.15. The number of aryl methyl sites for hydroxylation is 1. The van der Waals surface area contributed by atoms with Gasteiger partial charge in [-0.3, -0.25) is 0 Å². The molecule has 0 amide bonds. The predicted molar refractivity (Wildman–Crippen MR) is 78.8 cm³/mol. The molecule has 0 atom stereocenters. The lowest BCUT2D eigenvalue weighted by Crippen LogP contribution is -2.04. The van der Waals surface area contributed by atoms with E-state index < -0.39 is 0 Å². The molecule has 0 fully saturated rings. The Morgan fingerprint density at radius 2 is 2.05 bits per heavy atom. The van der Waals surface area contributed by atoms with Crippen LogP contribution in [0.15, 0.2) is 40.5 Å². The summed E-state index contributed by atoms with van der Waals surface area (Å²) >= 11 is 1.49. The third-order valence-electron chi connectivity index (χ3n) is 2.65. The normalized spacial score (nSPS) is 10.5. The molecule has 0 aliphatic rings. The van der Waals surface area contributed by atoms with E-state index in [-0.39, 0.29) is 5.97 Å². The minimum atomic E-state index is -0.390. The van der Waals surface area contributed by atoms with E-state index in [1.807, 2.05) is 35.8 Å². The molecule has 0 unspecified atom stereocenters. The zero-order valence-corrected chi connectivity index (χ0v) is 12.3. The van der Waals surface area contributed by atoms with Crippen LogP contribution < -0.4 is 5.73 Å². The molecular formula is C14H17N3O2S. The monoisotopic (exact) mass is 291 g/mol. The number of nitrogens with zero attached hydrogens (tertiary/aromatic N) is 2. The zero-order chi connectivity index (χ0) is 14.5. The van der Waals surface area contributed by atoms with Gasteiger partial charge in [-0.25, -0.2) is 9.78 Å². The number of hydrogen-bond acceptors (Lipinski definition) is 5. The molecule has 0 bridgehead atoms. The topological polar surface area (TPSA) is 70.1 Å². The van der Waals surface area contributed by atoms with E-state index in [2.05, 4.69) is 4.98 Å². The van der Waals surface area contributed by atoms with Crippen molar-refractivity contribution in [2.24, 2.45) is 0 Å². The van der Waals surface area contributed by atoms with Crippen molar-refractivity contribution in [1.29, 1.82) is 0 Å². The molecule has 1 heterocycles. The molecule has 6 heteroatoms.